The largest absolute Gasteiger partial charge is 0.508 e. The Hall–Kier alpha value is -1.60. The summed E-state index contributed by atoms with van der Waals surface area (Å²) >= 11 is 0. The number of aromatic hydroxyl groups is 1. The molecule has 102 valence electrons. The third-order valence-electron chi connectivity index (χ3n) is 1.94. The normalized spacial score (nSPS) is 12.6. The van der Waals surface area contributed by atoms with Gasteiger partial charge in [-0.1, -0.05) is 6.07 Å². The molecule has 0 radical (unpaired) electrons. The minimum Gasteiger partial charge on any atom is -0.508 e. The smallest absolute Gasteiger partial charge is 0.405 e. The fraction of sp³-hybridized carbons (Fsp3) is 0.400. The van der Waals surface area contributed by atoms with Crippen molar-refractivity contribution in [1.82, 2.24) is 0 Å². The van der Waals surface area contributed by atoms with Gasteiger partial charge < -0.3 is 10.0 Å². The zero-order chi connectivity index (χ0) is 14.0. The molecule has 0 spiro atoms. The summed E-state index contributed by atoms with van der Waals surface area (Å²) in [6, 6.07) is 4.24. The lowest BCUT2D eigenvalue weighted by molar-refractivity contribution is -0.137. The number of hydrogen-bond acceptors (Lipinski definition) is 2. The molecule has 0 saturated carbocycles. The quantitative estimate of drug-likeness (QED) is 0.854. The Labute approximate surface area is 98.4 Å². The third-order valence-corrected chi connectivity index (χ3v) is 1.94. The van der Waals surface area contributed by atoms with Gasteiger partial charge in [-0.3, -0.25) is 0 Å². The Morgan fingerprint density at radius 3 is 1.83 bits per heavy atom. The van der Waals surface area contributed by atoms with E-state index in [2.05, 4.69) is 0 Å². The lowest BCUT2D eigenvalue weighted by atomic mass is 10.2. The second kappa shape index (κ2) is 4.95. The monoisotopic (exact) mass is 273 g/mol. The van der Waals surface area contributed by atoms with Crippen LogP contribution in [0.4, 0.5) is 32.0 Å². The molecule has 1 aromatic rings. The highest BCUT2D eigenvalue weighted by molar-refractivity contribution is 5.50. The second-order valence-electron chi connectivity index (χ2n) is 3.61. The van der Waals surface area contributed by atoms with Crippen LogP contribution in [-0.4, -0.2) is 30.5 Å². The molecule has 1 rings (SSSR count). The Morgan fingerprint density at radius 1 is 0.944 bits per heavy atom. The van der Waals surface area contributed by atoms with Gasteiger partial charge in [-0.15, -0.1) is 0 Å². The molecule has 2 nitrogen and oxygen atoms in total. The van der Waals surface area contributed by atoms with Gasteiger partial charge in [-0.2, -0.15) is 26.3 Å². The zero-order valence-electron chi connectivity index (χ0n) is 8.89. The van der Waals surface area contributed by atoms with Crippen molar-refractivity contribution in [1.29, 1.82) is 0 Å². The van der Waals surface area contributed by atoms with E-state index in [0.717, 1.165) is 18.2 Å². The van der Waals surface area contributed by atoms with Gasteiger partial charge >= 0.3 is 12.4 Å². The van der Waals surface area contributed by atoms with Crippen LogP contribution < -0.4 is 4.90 Å². The van der Waals surface area contributed by atoms with Crippen molar-refractivity contribution in [3.05, 3.63) is 24.3 Å². The number of rotatable bonds is 3. The Bertz CT molecular complexity index is 384. The van der Waals surface area contributed by atoms with Gasteiger partial charge in [0.25, 0.3) is 0 Å². The lowest BCUT2D eigenvalue weighted by Crippen LogP contribution is -2.40. The van der Waals surface area contributed by atoms with Gasteiger partial charge in [-0.05, 0) is 12.1 Å². The first-order chi connectivity index (χ1) is 8.07. The van der Waals surface area contributed by atoms with Crippen LogP contribution in [0.25, 0.3) is 0 Å². The van der Waals surface area contributed by atoms with Crippen LogP contribution >= 0.6 is 0 Å². The van der Waals surface area contributed by atoms with E-state index in [4.69, 9.17) is 5.11 Å². The summed E-state index contributed by atoms with van der Waals surface area (Å²) in [5, 5.41) is 9.07. The number of anilines is 1. The Morgan fingerprint density at radius 2 is 1.44 bits per heavy atom. The number of nitrogens with zero attached hydrogens (tertiary/aromatic N) is 1. The highest BCUT2D eigenvalue weighted by Gasteiger charge is 2.37. The highest BCUT2D eigenvalue weighted by atomic mass is 19.4. The van der Waals surface area contributed by atoms with E-state index in [9.17, 15) is 26.3 Å². The molecule has 0 aromatic heterocycles. The SMILES string of the molecule is Oc1cccc(N(CC(F)(F)F)CC(F)(F)F)c1. The van der Waals surface area contributed by atoms with Crippen LogP contribution in [0.5, 0.6) is 5.75 Å². The summed E-state index contributed by atoms with van der Waals surface area (Å²) in [5.41, 5.74) is -0.343. The molecule has 0 fully saturated rings. The number of phenols is 1. The van der Waals surface area contributed by atoms with Crippen LogP contribution in [0.3, 0.4) is 0 Å². The molecular weight excluding hydrogens is 264 g/mol. The zero-order valence-corrected chi connectivity index (χ0v) is 8.89. The van der Waals surface area contributed by atoms with Crippen LogP contribution in [0.15, 0.2) is 24.3 Å². The Balaban J connectivity index is 2.97. The van der Waals surface area contributed by atoms with Crippen molar-refractivity contribution in [3.8, 4) is 5.75 Å². The molecule has 0 amide bonds. The van der Waals surface area contributed by atoms with Gasteiger partial charge in [0.05, 0.1) is 0 Å². The van der Waals surface area contributed by atoms with Gasteiger partial charge in [-0.25, -0.2) is 0 Å². The maximum Gasteiger partial charge on any atom is 0.405 e. The molecule has 0 heterocycles. The minimum atomic E-state index is -4.77. The van der Waals surface area contributed by atoms with Crippen molar-refractivity contribution in [2.75, 3.05) is 18.0 Å². The fourth-order valence-corrected chi connectivity index (χ4v) is 1.36. The predicted octanol–water partition coefficient (Wildman–Crippen LogP) is 3.32. The van der Waals surface area contributed by atoms with Crippen molar-refractivity contribution in [2.24, 2.45) is 0 Å². The van der Waals surface area contributed by atoms with Crippen molar-refractivity contribution in [3.63, 3.8) is 0 Å². The van der Waals surface area contributed by atoms with Crippen LogP contribution in [0.1, 0.15) is 0 Å². The first-order valence-electron chi connectivity index (χ1n) is 4.74. The second-order valence-corrected chi connectivity index (χ2v) is 3.61. The number of hydrogen-bond donors (Lipinski definition) is 1. The summed E-state index contributed by atoms with van der Waals surface area (Å²) in [6.45, 7) is -3.48. The average molecular weight is 273 g/mol. The lowest BCUT2D eigenvalue weighted by Gasteiger charge is -2.26. The summed E-state index contributed by atoms with van der Waals surface area (Å²) < 4.78 is 73.2. The van der Waals surface area contributed by atoms with Crippen LogP contribution in [-0.2, 0) is 0 Å². The molecule has 18 heavy (non-hydrogen) atoms. The van der Waals surface area contributed by atoms with Gasteiger partial charge in [0, 0.05) is 11.8 Å². The third kappa shape index (κ3) is 5.15. The Kier molecular flexibility index (Phi) is 3.98. The van der Waals surface area contributed by atoms with Crippen LogP contribution in [0, 0.1) is 0 Å². The van der Waals surface area contributed by atoms with E-state index in [1.165, 1.54) is 6.07 Å². The van der Waals surface area contributed by atoms with Gasteiger partial charge in [0.2, 0.25) is 0 Å². The molecule has 0 unspecified atom stereocenters. The maximum absolute atomic E-state index is 12.2. The summed E-state index contributed by atoms with van der Waals surface area (Å²) in [7, 11) is 0. The van der Waals surface area contributed by atoms with Crippen molar-refractivity contribution < 1.29 is 31.4 Å². The molecule has 8 heteroatoms. The van der Waals surface area contributed by atoms with E-state index in [0.29, 0.717) is 0 Å². The van der Waals surface area contributed by atoms with Crippen molar-refractivity contribution >= 4 is 5.69 Å². The van der Waals surface area contributed by atoms with E-state index in [-0.39, 0.29) is 10.6 Å². The van der Waals surface area contributed by atoms with E-state index < -0.39 is 31.2 Å². The van der Waals surface area contributed by atoms with Gasteiger partial charge in [0.15, 0.2) is 0 Å². The highest BCUT2D eigenvalue weighted by Crippen LogP contribution is 2.28. The number of phenolic OH excluding ortho intramolecular Hbond substituents is 1. The molecule has 0 bridgehead atoms. The standard InChI is InChI=1S/C10H9F6NO/c11-9(12,13)5-17(6-10(14,15)16)7-2-1-3-8(18)4-7/h1-4,18H,5-6H2. The number of alkyl halides is 6. The predicted molar refractivity (Wildman–Crippen MR) is 52.4 cm³/mol. The number of benzene rings is 1. The minimum absolute atomic E-state index is 0.111. The summed E-state index contributed by atoms with van der Waals surface area (Å²) in [4.78, 5) is 0.111. The molecule has 1 N–H and O–H groups in total. The molecular formula is C10H9F6NO. The molecule has 0 atom stereocenters. The first kappa shape index (κ1) is 14.5. The summed E-state index contributed by atoms with van der Waals surface area (Å²) in [6.07, 6.45) is -9.53. The summed E-state index contributed by atoms with van der Waals surface area (Å²) in [5.74, 6) is -0.401. The molecule has 0 saturated heterocycles. The maximum atomic E-state index is 12.2. The topological polar surface area (TPSA) is 23.5 Å². The van der Waals surface area contributed by atoms with E-state index in [1.54, 1.807) is 0 Å². The molecule has 1 aromatic carbocycles. The number of halogens is 6. The molecule has 0 aliphatic heterocycles. The molecule has 0 aliphatic carbocycles. The van der Waals surface area contributed by atoms with E-state index in [1.807, 2.05) is 0 Å². The first-order valence-corrected chi connectivity index (χ1v) is 4.74. The van der Waals surface area contributed by atoms with Gasteiger partial charge in [0.1, 0.15) is 18.8 Å². The fourth-order valence-electron chi connectivity index (χ4n) is 1.36. The van der Waals surface area contributed by atoms with E-state index >= 15 is 0 Å². The molecule has 0 aliphatic rings. The van der Waals surface area contributed by atoms with Crippen LogP contribution in [0.2, 0.25) is 0 Å². The average Bonchev–Trinajstić information content (AvgIpc) is 2.12. The van der Waals surface area contributed by atoms with Crippen molar-refractivity contribution in [2.45, 2.75) is 12.4 Å².